The predicted octanol–water partition coefficient (Wildman–Crippen LogP) is 4.55. The van der Waals surface area contributed by atoms with Gasteiger partial charge in [-0.25, -0.2) is 0 Å². The van der Waals surface area contributed by atoms with Gasteiger partial charge < -0.3 is 10.2 Å². The minimum atomic E-state index is -0.280. The van der Waals surface area contributed by atoms with Crippen molar-refractivity contribution < 1.29 is 9.59 Å². The third kappa shape index (κ3) is 3.86. The summed E-state index contributed by atoms with van der Waals surface area (Å²) in [5.41, 5.74) is 3.24. The summed E-state index contributed by atoms with van der Waals surface area (Å²) in [6.07, 6.45) is 3.76. The zero-order valence-electron chi connectivity index (χ0n) is 13.6. The van der Waals surface area contributed by atoms with E-state index in [-0.39, 0.29) is 11.8 Å². The average Bonchev–Trinajstić information content (AvgIpc) is 2.97. The second-order valence-electron chi connectivity index (χ2n) is 5.72. The van der Waals surface area contributed by atoms with Crippen molar-refractivity contribution in [3.63, 3.8) is 0 Å². The minimum absolute atomic E-state index is 0.0232. The number of hydrogen-bond acceptors (Lipinski definition) is 2. The lowest BCUT2D eigenvalue weighted by Crippen LogP contribution is -2.25. The maximum absolute atomic E-state index is 12.1. The summed E-state index contributed by atoms with van der Waals surface area (Å²) in [5, 5.41) is 3.78. The van der Waals surface area contributed by atoms with Crippen LogP contribution in [-0.2, 0) is 16.0 Å². The van der Waals surface area contributed by atoms with Crippen LogP contribution in [0.1, 0.15) is 18.1 Å². The maximum atomic E-state index is 12.1. The van der Waals surface area contributed by atoms with E-state index >= 15 is 0 Å². The van der Waals surface area contributed by atoms with Crippen LogP contribution in [0.2, 0.25) is 10.0 Å². The highest BCUT2D eigenvalue weighted by molar-refractivity contribution is 6.37. The van der Waals surface area contributed by atoms with Gasteiger partial charge in [0.15, 0.2) is 0 Å². The van der Waals surface area contributed by atoms with Crippen LogP contribution in [0, 0.1) is 0 Å². The van der Waals surface area contributed by atoms with Crippen molar-refractivity contribution in [2.75, 3.05) is 16.8 Å². The quantitative estimate of drug-likeness (QED) is 0.800. The van der Waals surface area contributed by atoms with Crippen LogP contribution >= 0.6 is 23.2 Å². The number of carbonyl (C=O) groups is 2. The molecule has 2 aromatic carbocycles. The number of amides is 2. The molecule has 128 valence electrons. The number of nitrogens with zero attached hydrogens (tertiary/aromatic N) is 1. The molecule has 0 bridgehead atoms. The molecule has 0 aliphatic carbocycles. The first kappa shape index (κ1) is 17.5. The van der Waals surface area contributed by atoms with Crippen molar-refractivity contribution in [2.45, 2.75) is 13.3 Å². The Hall–Kier alpha value is -2.30. The van der Waals surface area contributed by atoms with E-state index in [2.05, 4.69) is 5.32 Å². The number of nitrogens with one attached hydrogen (secondary N) is 1. The number of fused-ring (bicyclic) bond motifs is 1. The number of benzene rings is 2. The van der Waals surface area contributed by atoms with E-state index < -0.39 is 0 Å². The van der Waals surface area contributed by atoms with E-state index in [0.29, 0.717) is 27.8 Å². The Morgan fingerprint density at radius 1 is 1.16 bits per heavy atom. The van der Waals surface area contributed by atoms with Crippen molar-refractivity contribution in [3.05, 3.63) is 63.6 Å². The van der Waals surface area contributed by atoms with Crippen LogP contribution in [0.25, 0.3) is 6.08 Å². The zero-order valence-corrected chi connectivity index (χ0v) is 15.1. The highest BCUT2D eigenvalue weighted by Gasteiger charge is 2.22. The molecule has 25 heavy (non-hydrogen) atoms. The summed E-state index contributed by atoms with van der Waals surface area (Å²) in [7, 11) is 0. The second-order valence-corrected chi connectivity index (χ2v) is 6.54. The van der Waals surface area contributed by atoms with E-state index in [1.807, 2.05) is 12.1 Å². The molecular formula is C19H16Cl2N2O2. The molecule has 0 saturated carbocycles. The lowest BCUT2D eigenvalue weighted by Gasteiger charge is -2.14. The molecule has 0 aromatic heterocycles. The Kier molecular flexibility index (Phi) is 5.11. The van der Waals surface area contributed by atoms with Crippen molar-refractivity contribution in [3.8, 4) is 0 Å². The van der Waals surface area contributed by atoms with Gasteiger partial charge in [-0.1, -0.05) is 29.3 Å². The molecule has 4 nitrogen and oxygen atoms in total. The van der Waals surface area contributed by atoms with E-state index in [9.17, 15) is 9.59 Å². The predicted molar refractivity (Wildman–Crippen MR) is 102 cm³/mol. The summed E-state index contributed by atoms with van der Waals surface area (Å²) in [4.78, 5) is 25.4. The van der Waals surface area contributed by atoms with Gasteiger partial charge in [0.1, 0.15) is 0 Å². The van der Waals surface area contributed by atoms with E-state index in [4.69, 9.17) is 23.2 Å². The molecule has 3 rings (SSSR count). The zero-order chi connectivity index (χ0) is 18.0. The Balaban J connectivity index is 1.72. The number of hydrogen-bond donors (Lipinski definition) is 1. The van der Waals surface area contributed by atoms with Crippen molar-refractivity contribution in [2.24, 2.45) is 0 Å². The van der Waals surface area contributed by atoms with Crippen molar-refractivity contribution in [1.29, 1.82) is 0 Å². The molecule has 2 amide bonds. The first-order valence-electron chi connectivity index (χ1n) is 7.80. The van der Waals surface area contributed by atoms with E-state index in [1.165, 1.54) is 6.08 Å². The molecule has 1 aliphatic rings. The highest BCUT2D eigenvalue weighted by atomic mass is 35.5. The number of rotatable bonds is 3. The fourth-order valence-electron chi connectivity index (χ4n) is 2.82. The molecule has 1 aliphatic heterocycles. The first-order valence-corrected chi connectivity index (χ1v) is 8.55. The van der Waals surface area contributed by atoms with Crippen LogP contribution in [-0.4, -0.2) is 18.4 Å². The highest BCUT2D eigenvalue weighted by Crippen LogP contribution is 2.30. The summed E-state index contributed by atoms with van der Waals surface area (Å²) < 4.78 is 0. The number of carbonyl (C=O) groups excluding carboxylic acids is 2. The molecule has 0 unspecified atom stereocenters. The van der Waals surface area contributed by atoms with Crippen LogP contribution < -0.4 is 10.2 Å². The standard InChI is InChI=1S/C19H16Cl2N2O2/c1-12(24)23-10-9-13-11-14(5-7-18(13)23)22-19(25)8-6-15-16(20)3-2-4-17(15)21/h2-8,11H,9-10H2,1H3,(H,22,25)/b8-6+. The molecule has 1 heterocycles. The molecule has 6 heteroatoms. The lowest BCUT2D eigenvalue weighted by molar-refractivity contribution is -0.116. The Labute approximate surface area is 156 Å². The molecule has 0 atom stereocenters. The molecule has 0 fully saturated rings. The normalized spacial score (nSPS) is 13.2. The third-order valence-electron chi connectivity index (χ3n) is 4.02. The fraction of sp³-hybridized carbons (Fsp3) is 0.158. The SMILES string of the molecule is CC(=O)N1CCc2cc(NC(=O)/C=C/c3c(Cl)cccc3Cl)ccc21. The third-order valence-corrected chi connectivity index (χ3v) is 4.68. The lowest BCUT2D eigenvalue weighted by atomic mass is 10.1. The molecule has 1 N–H and O–H groups in total. The summed E-state index contributed by atoms with van der Waals surface area (Å²) in [6.45, 7) is 2.22. The molecular weight excluding hydrogens is 359 g/mol. The van der Waals surface area contributed by atoms with Gasteiger partial charge in [0.25, 0.3) is 0 Å². The van der Waals surface area contributed by atoms with Gasteiger partial charge in [0.05, 0.1) is 0 Å². The average molecular weight is 375 g/mol. The topological polar surface area (TPSA) is 49.4 Å². The van der Waals surface area contributed by atoms with Gasteiger partial charge in [0, 0.05) is 46.5 Å². The van der Waals surface area contributed by atoms with Gasteiger partial charge in [-0.05, 0) is 48.4 Å². The molecule has 0 spiro atoms. The van der Waals surface area contributed by atoms with Crippen LogP contribution in [0.3, 0.4) is 0 Å². The summed E-state index contributed by atoms with van der Waals surface area (Å²) in [6, 6.07) is 10.7. The Bertz CT molecular complexity index is 857. The molecule has 2 aromatic rings. The minimum Gasteiger partial charge on any atom is -0.323 e. The van der Waals surface area contributed by atoms with Gasteiger partial charge in [-0.15, -0.1) is 0 Å². The molecule has 0 saturated heterocycles. The fourth-order valence-corrected chi connectivity index (χ4v) is 3.34. The number of anilines is 2. The van der Waals surface area contributed by atoms with Gasteiger partial charge in [0.2, 0.25) is 11.8 Å². The largest absolute Gasteiger partial charge is 0.323 e. The van der Waals surface area contributed by atoms with Crippen LogP contribution in [0.5, 0.6) is 0 Å². The van der Waals surface area contributed by atoms with E-state index in [0.717, 1.165) is 17.7 Å². The van der Waals surface area contributed by atoms with Crippen LogP contribution in [0.15, 0.2) is 42.5 Å². The Morgan fingerprint density at radius 3 is 2.56 bits per heavy atom. The summed E-state index contributed by atoms with van der Waals surface area (Å²) >= 11 is 12.2. The number of halogens is 2. The summed E-state index contributed by atoms with van der Waals surface area (Å²) in [5.74, 6) is -0.257. The Morgan fingerprint density at radius 2 is 1.88 bits per heavy atom. The van der Waals surface area contributed by atoms with Gasteiger partial charge in [-0.3, -0.25) is 9.59 Å². The van der Waals surface area contributed by atoms with Gasteiger partial charge >= 0.3 is 0 Å². The van der Waals surface area contributed by atoms with E-state index in [1.54, 1.807) is 42.2 Å². The van der Waals surface area contributed by atoms with Crippen LogP contribution in [0.4, 0.5) is 11.4 Å². The monoisotopic (exact) mass is 374 g/mol. The smallest absolute Gasteiger partial charge is 0.248 e. The van der Waals surface area contributed by atoms with Gasteiger partial charge in [-0.2, -0.15) is 0 Å². The molecule has 0 radical (unpaired) electrons. The second kappa shape index (κ2) is 7.30. The van der Waals surface area contributed by atoms with Crippen molar-refractivity contribution in [1.82, 2.24) is 0 Å². The van der Waals surface area contributed by atoms with Crippen molar-refractivity contribution >= 4 is 52.5 Å². The first-order chi connectivity index (χ1) is 12.0. The maximum Gasteiger partial charge on any atom is 0.248 e.